The number of hydrogen-bond acceptors (Lipinski definition) is 4. The van der Waals surface area contributed by atoms with Gasteiger partial charge in [-0.3, -0.25) is 4.79 Å². The van der Waals surface area contributed by atoms with Crippen molar-refractivity contribution in [2.45, 2.75) is 6.04 Å². The summed E-state index contributed by atoms with van der Waals surface area (Å²) in [7, 11) is 5.77. The van der Waals surface area contributed by atoms with Gasteiger partial charge in [-0.25, -0.2) is 0 Å². The highest BCUT2D eigenvalue weighted by Crippen LogP contribution is 2.38. The Morgan fingerprint density at radius 1 is 1.47 bits per heavy atom. The number of anilines is 1. The van der Waals surface area contributed by atoms with Gasteiger partial charge >= 0.3 is 0 Å². The molecule has 2 N–H and O–H groups in total. The van der Waals surface area contributed by atoms with E-state index in [-0.39, 0.29) is 11.9 Å². The second-order valence-electron chi connectivity index (χ2n) is 4.73. The highest BCUT2D eigenvalue weighted by atomic mass is 79.9. The number of ether oxygens (including phenoxy) is 1. The highest BCUT2D eigenvalue weighted by molar-refractivity contribution is 9.10. The number of benzene rings is 1. The van der Waals surface area contributed by atoms with Crippen molar-refractivity contribution >= 4 is 27.5 Å². The summed E-state index contributed by atoms with van der Waals surface area (Å²) in [6.07, 6.45) is 0. The lowest BCUT2D eigenvalue weighted by Crippen LogP contribution is -2.23. The van der Waals surface area contributed by atoms with Crippen LogP contribution < -0.4 is 15.4 Å². The molecule has 1 heterocycles. The Morgan fingerprint density at radius 2 is 2.21 bits per heavy atom. The molecular formula is C13H18BrN3O2. The molecule has 1 atom stereocenters. The van der Waals surface area contributed by atoms with Crippen molar-refractivity contribution in [3.05, 3.63) is 22.2 Å². The third-order valence-corrected chi connectivity index (χ3v) is 3.64. The van der Waals surface area contributed by atoms with E-state index < -0.39 is 0 Å². The number of fused-ring (bicyclic) bond motifs is 1. The predicted molar refractivity (Wildman–Crippen MR) is 78.6 cm³/mol. The maximum atomic E-state index is 11.8. The van der Waals surface area contributed by atoms with E-state index in [0.717, 1.165) is 28.0 Å². The van der Waals surface area contributed by atoms with Crippen molar-refractivity contribution in [3.8, 4) is 5.75 Å². The van der Waals surface area contributed by atoms with Crippen LogP contribution >= 0.6 is 15.9 Å². The lowest BCUT2D eigenvalue weighted by atomic mass is 10.1. The van der Waals surface area contributed by atoms with E-state index in [0.29, 0.717) is 6.61 Å². The van der Waals surface area contributed by atoms with Crippen LogP contribution in [0.1, 0.15) is 11.6 Å². The Hall–Kier alpha value is -1.11. The van der Waals surface area contributed by atoms with Crippen molar-refractivity contribution in [3.63, 3.8) is 0 Å². The van der Waals surface area contributed by atoms with Crippen LogP contribution in [0.25, 0.3) is 0 Å². The van der Waals surface area contributed by atoms with E-state index in [9.17, 15) is 4.79 Å². The van der Waals surface area contributed by atoms with Gasteiger partial charge in [0.05, 0.1) is 4.47 Å². The normalized spacial score (nSPS) is 17.5. The summed E-state index contributed by atoms with van der Waals surface area (Å²) in [5, 5.41) is 5.85. The molecule has 5 nitrogen and oxygen atoms in total. The first-order chi connectivity index (χ1) is 9.02. The number of amides is 1. The smallest absolute Gasteiger partial charge is 0.246 e. The van der Waals surface area contributed by atoms with Gasteiger partial charge < -0.3 is 20.3 Å². The fourth-order valence-corrected chi connectivity index (χ4v) is 2.47. The van der Waals surface area contributed by atoms with E-state index in [1.165, 1.54) is 0 Å². The van der Waals surface area contributed by atoms with Gasteiger partial charge in [0.25, 0.3) is 0 Å². The summed E-state index contributed by atoms with van der Waals surface area (Å²) in [5.41, 5.74) is 1.76. The number of rotatable bonds is 5. The minimum atomic E-state index is -0.290. The second-order valence-corrected chi connectivity index (χ2v) is 5.59. The Bertz CT molecular complexity index is 491. The summed E-state index contributed by atoms with van der Waals surface area (Å²) in [6, 6.07) is 3.51. The lowest BCUT2D eigenvalue weighted by Gasteiger charge is -2.14. The first-order valence-electron chi connectivity index (χ1n) is 6.12. The van der Waals surface area contributed by atoms with Crippen molar-refractivity contribution in [2.75, 3.05) is 39.6 Å². The molecule has 0 radical (unpaired) electrons. The second kappa shape index (κ2) is 5.90. The molecule has 2 rings (SSSR count). The SMILES string of the molecule is CNC1C(=O)Nc2cc(OCCN(C)C)c(Br)cc21. The monoisotopic (exact) mass is 327 g/mol. The molecule has 1 aliphatic heterocycles. The average molecular weight is 328 g/mol. The van der Waals surface area contributed by atoms with Gasteiger partial charge in [-0.1, -0.05) is 0 Å². The topological polar surface area (TPSA) is 53.6 Å². The number of carbonyl (C=O) groups is 1. The highest BCUT2D eigenvalue weighted by Gasteiger charge is 2.30. The van der Waals surface area contributed by atoms with Crippen molar-refractivity contribution in [1.82, 2.24) is 10.2 Å². The maximum Gasteiger partial charge on any atom is 0.246 e. The van der Waals surface area contributed by atoms with Gasteiger partial charge in [0.1, 0.15) is 18.4 Å². The van der Waals surface area contributed by atoms with Gasteiger partial charge in [-0.15, -0.1) is 0 Å². The number of carbonyl (C=O) groups excluding carboxylic acids is 1. The van der Waals surface area contributed by atoms with Crippen molar-refractivity contribution < 1.29 is 9.53 Å². The number of halogens is 1. The summed E-state index contributed by atoms with van der Waals surface area (Å²) in [6.45, 7) is 1.45. The molecule has 1 amide bonds. The quantitative estimate of drug-likeness (QED) is 0.862. The molecule has 1 aliphatic rings. The molecule has 0 saturated heterocycles. The third-order valence-electron chi connectivity index (χ3n) is 3.02. The molecule has 0 fully saturated rings. The van der Waals surface area contributed by atoms with Gasteiger partial charge in [0, 0.05) is 23.9 Å². The van der Waals surface area contributed by atoms with E-state index >= 15 is 0 Å². The van der Waals surface area contributed by atoms with Crippen LogP contribution in [0.2, 0.25) is 0 Å². The largest absolute Gasteiger partial charge is 0.491 e. The van der Waals surface area contributed by atoms with Crippen LogP contribution in [0, 0.1) is 0 Å². The minimum Gasteiger partial charge on any atom is -0.491 e. The molecule has 0 aliphatic carbocycles. The van der Waals surface area contributed by atoms with Gasteiger partial charge in [-0.05, 0) is 43.1 Å². The van der Waals surface area contributed by atoms with Crippen LogP contribution in [0.3, 0.4) is 0 Å². The summed E-state index contributed by atoms with van der Waals surface area (Å²) in [4.78, 5) is 13.8. The van der Waals surface area contributed by atoms with Crippen molar-refractivity contribution in [2.24, 2.45) is 0 Å². The molecule has 1 unspecified atom stereocenters. The van der Waals surface area contributed by atoms with Crippen molar-refractivity contribution in [1.29, 1.82) is 0 Å². The Labute approximate surface area is 121 Å². The fraction of sp³-hybridized carbons (Fsp3) is 0.462. The lowest BCUT2D eigenvalue weighted by molar-refractivity contribution is -0.117. The zero-order valence-corrected chi connectivity index (χ0v) is 12.9. The zero-order chi connectivity index (χ0) is 14.0. The van der Waals surface area contributed by atoms with E-state index in [1.807, 2.05) is 26.2 Å². The molecule has 19 heavy (non-hydrogen) atoms. The minimum absolute atomic E-state index is 0.0326. The van der Waals surface area contributed by atoms with Crippen LogP contribution in [-0.4, -0.2) is 45.1 Å². The first-order valence-corrected chi connectivity index (χ1v) is 6.91. The van der Waals surface area contributed by atoms with Crippen LogP contribution in [0.15, 0.2) is 16.6 Å². The predicted octanol–water partition coefficient (Wildman–Crippen LogP) is 1.60. The van der Waals surface area contributed by atoms with Crippen LogP contribution in [0.4, 0.5) is 5.69 Å². The van der Waals surface area contributed by atoms with Gasteiger partial charge in [0.15, 0.2) is 0 Å². The molecule has 1 aromatic carbocycles. The van der Waals surface area contributed by atoms with Gasteiger partial charge in [-0.2, -0.15) is 0 Å². The molecule has 6 heteroatoms. The number of hydrogen-bond donors (Lipinski definition) is 2. The third kappa shape index (κ3) is 3.08. The maximum absolute atomic E-state index is 11.8. The molecule has 0 bridgehead atoms. The van der Waals surface area contributed by atoms with Crippen LogP contribution in [-0.2, 0) is 4.79 Å². The van der Waals surface area contributed by atoms with E-state index in [2.05, 4.69) is 31.5 Å². The average Bonchev–Trinajstić information content (AvgIpc) is 2.63. The molecule has 0 saturated carbocycles. The number of nitrogens with zero attached hydrogens (tertiary/aromatic N) is 1. The molecule has 0 spiro atoms. The molecule has 104 valence electrons. The molecule has 1 aromatic rings. The molecular weight excluding hydrogens is 310 g/mol. The Kier molecular flexibility index (Phi) is 4.44. The molecule has 0 aromatic heterocycles. The number of nitrogens with one attached hydrogen (secondary N) is 2. The summed E-state index contributed by atoms with van der Waals surface area (Å²) in [5.74, 6) is 0.715. The standard InChI is InChI=1S/C13H18BrN3O2/c1-15-12-8-6-9(14)11(19-5-4-17(2)3)7-10(8)16-13(12)18/h6-7,12,15H,4-5H2,1-3H3,(H,16,18). The first kappa shape index (κ1) is 14.3. The summed E-state index contributed by atoms with van der Waals surface area (Å²) < 4.78 is 6.58. The Balaban J connectivity index is 2.16. The Morgan fingerprint density at radius 3 is 2.84 bits per heavy atom. The zero-order valence-electron chi connectivity index (χ0n) is 11.3. The van der Waals surface area contributed by atoms with Gasteiger partial charge in [0.2, 0.25) is 5.91 Å². The number of likely N-dealkylation sites (N-methyl/N-ethyl adjacent to an activating group) is 2. The van der Waals surface area contributed by atoms with E-state index in [1.54, 1.807) is 7.05 Å². The fourth-order valence-electron chi connectivity index (χ4n) is 2.00. The van der Waals surface area contributed by atoms with E-state index in [4.69, 9.17) is 4.74 Å². The summed E-state index contributed by atoms with van der Waals surface area (Å²) >= 11 is 3.49. The van der Waals surface area contributed by atoms with Crippen LogP contribution in [0.5, 0.6) is 5.75 Å².